The van der Waals surface area contributed by atoms with Gasteiger partial charge in [-0.15, -0.1) is 0 Å². The molecule has 26 heavy (non-hydrogen) atoms. The van der Waals surface area contributed by atoms with E-state index in [1.54, 1.807) is 0 Å². The summed E-state index contributed by atoms with van der Waals surface area (Å²) in [5.74, 6) is -5.32. The van der Waals surface area contributed by atoms with E-state index in [4.69, 9.17) is 48.5 Å². The minimum absolute atomic E-state index is 0.0213. The van der Waals surface area contributed by atoms with Crippen molar-refractivity contribution in [2.24, 2.45) is 22.9 Å². The van der Waals surface area contributed by atoms with Gasteiger partial charge in [0, 0.05) is 6.42 Å². The Labute approximate surface area is 147 Å². The van der Waals surface area contributed by atoms with E-state index in [1.165, 1.54) is 0 Å². The quantitative estimate of drug-likeness (QED) is 0.183. The molecule has 0 bridgehead atoms. The number of hydrogen-bond acceptors (Lipinski definition) is 9. The molecule has 0 fully saturated rings. The second-order valence-corrected chi connectivity index (χ2v) is 4.62. The standard InChI is InChI=1S/C5H10N2O3.C4H7NO4.C3H7NO3/c6-3(5(9)10)1-2-4(7)8;5-2(4(8)9)1-3(6)7;4-2(1-5)3(6)7/h3H,1-2,6H2,(H2,7,8)(H,9,10);2H,1,5H2,(H,6,7)(H,8,9);2,5H,1,4H2,(H,6,7)/t3-;2*2-/m000/s1. The summed E-state index contributed by atoms with van der Waals surface area (Å²) in [6.45, 7) is -0.505. The summed E-state index contributed by atoms with van der Waals surface area (Å²) in [5.41, 5.74) is 19.4. The molecule has 0 aromatic heterocycles. The van der Waals surface area contributed by atoms with Gasteiger partial charge in [0.1, 0.15) is 18.1 Å². The summed E-state index contributed by atoms with van der Waals surface area (Å²) in [7, 11) is 0. The molecule has 0 aromatic carbocycles. The van der Waals surface area contributed by atoms with Gasteiger partial charge in [0.2, 0.25) is 5.91 Å². The van der Waals surface area contributed by atoms with E-state index >= 15 is 0 Å². The molecule has 0 radical (unpaired) electrons. The van der Waals surface area contributed by atoms with Gasteiger partial charge >= 0.3 is 23.9 Å². The zero-order valence-electron chi connectivity index (χ0n) is 13.6. The summed E-state index contributed by atoms with van der Waals surface area (Å²) < 4.78 is 0. The lowest BCUT2D eigenvalue weighted by molar-refractivity contribution is -0.144. The van der Waals surface area contributed by atoms with Gasteiger partial charge in [0.25, 0.3) is 0 Å². The monoisotopic (exact) mass is 384 g/mol. The lowest BCUT2D eigenvalue weighted by Gasteiger charge is -2.01. The fourth-order valence-electron chi connectivity index (χ4n) is 0.775. The van der Waals surface area contributed by atoms with Crippen molar-refractivity contribution < 1.29 is 49.5 Å². The van der Waals surface area contributed by atoms with Gasteiger partial charge in [-0.1, -0.05) is 0 Å². The minimum Gasteiger partial charge on any atom is -0.481 e. The third-order valence-electron chi connectivity index (χ3n) is 2.24. The molecule has 152 valence electrons. The van der Waals surface area contributed by atoms with Crippen LogP contribution in [0.1, 0.15) is 19.3 Å². The highest BCUT2D eigenvalue weighted by atomic mass is 16.4. The lowest BCUT2D eigenvalue weighted by atomic mass is 10.2. The van der Waals surface area contributed by atoms with Crippen LogP contribution in [0.4, 0.5) is 0 Å². The average molecular weight is 384 g/mol. The molecule has 14 heteroatoms. The normalized spacial score (nSPS) is 12.8. The van der Waals surface area contributed by atoms with E-state index in [9.17, 15) is 24.0 Å². The molecule has 0 rings (SSSR count). The molecule has 1 amide bonds. The molecule has 0 unspecified atom stereocenters. The highest BCUT2D eigenvalue weighted by Gasteiger charge is 2.14. The maximum absolute atomic E-state index is 10.1. The Morgan fingerprint density at radius 1 is 0.731 bits per heavy atom. The molecule has 0 heterocycles. The molecule has 0 spiro atoms. The molecular formula is C12H24N4O10. The number of carbonyl (C=O) groups excluding carboxylic acids is 1. The van der Waals surface area contributed by atoms with Gasteiger partial charge in [-0.05, 0) is 6.42 Å². The van der Waals surface area contributed by atoms with Gasteiger partial charge in [-0.25, -0.2) is 0 Å². The first kappa shape index (κ1) is 28.0. The highest BCUT2D eigenvalue weighted by Crippen LogP contribution is 1.92. The second-order valence-electron chi connectivity index (χ2n) is 4.62. The van der Waals surface area contributed by atoms with Gasteiger partial charge in [-0.3, -0.25) is 24.0 Å². The topological polar surface area (TPSA) is 291 Å². The van der Waals surface area contributed by atoms with Crippen molar-refractivity contribution in [1.82, 2.24) is 0 Å². The SMILES string of the molecule is NC(=O)CC[C@H](N)C(=O)O.N[C@@H](CC(=O)O)C(=O)O.N[C@@H](CO)C(=O)O. The Balaban J connectivity index is -0.000000310. The third-order valence-corrected chi connectivity index (χ3v) is 2.24. The maximum atomic E-state index is 10.1. The van der Waals surface area contributed by atoms with Crippen molar-refractivity contribution in [2.75, 3.05) is 6.61 Å². The van der Waals surface area contributed by atoms with Gasteiger partial charge < -0.3 is 48.5 Å². The second kappa shape index (κ2) is 15.7. The van der Waals surface area contributed by atoms with Crippen LogP contribution < -0.4 is 22.9 Å². The highest BCUT2D eigenvalue weighted by molar-refractivity contribution is 5.80. The summed E-state index contributed by atoms with van der Waals surface area (Å²) in [5, 5.41) is 40.1. The van der Waals surface area contributed by atoms with E-state index in [0.717, 1.165) is 0 Å². The largest absolute Gasteiger partial charge is 0.481 e. The van der Waals surface area contributed by atoms with Crippen LogP contribution in [0.25, 0.3) is 0 Å². The Morgan fingerprint density at radius 2 is 1.12 bits per heavy atom. The first-order valence-corrected chi connectivity index (χ1v) is 6.82. The van der Waals surface area contributed by atoms with E-state index < -0.39 is 60.9 Å². The number of nitrogens with two attached hydrogens (primary N) is 4. The summed E-state index contributed by atoms with van der Waals surface area (Å²) >= 11 is 0. The Kier molecular flexibility index (Phi) is 16.9. The number of primary amides is 1. The van der Waals surface area contributed by atoms with Crippen molar-refractivity contribution in [3.05, 3.63) is 0 Å². The van der Waals surface area contributed by atoms with Gasteiger partial charge in [0.15, 0.2) is 0 Å². The molecular weight excluding hydrogens is 360 g/mol. The number of carboxylic acid groups (broad SMARTS) is 4. The Hall–Kier alpha value is -2.81. The number of rotatable bonds is 9. The van der Waals surface area contributed by atoms with Crippen LogP contribution in [-0.4, -0.2) is 80.0 Å². The van der Waals surface area contributed by atoms with Crippen molar-refractivity contribution >= 4 is 29.8 Å². The fraction of sp³-hybridized carbons (Fsp3) is 0.583. The Bertz CT molecular complexity index is 485. The van der Waals surface area contributed by atoms with Crippen LogP contribution in [0, 0.1) is 0 Å². The smallest absolute Gasteiger partial charge is 0.322 e. The molecule has 0 saturated heterocycles. The van der Waals surface area contributed by atoms with Gasteiger partial charge in [0.05, 0.1) is 13.0 Å². The predicted molar refractivity (Wildman–Crippen MR) is 84.6 cm³/mol. The zero-order chi connectivity index (χ0) is 21.4. The molecule has 3 atom stereocenters. The van der Waals surface area contributed by atoms with Crippen molar-refractivity contribution in [1.29, 1.82) is 0 Å². The summed E-state index contributed by atoms with van der Waals surface area (Å²) in [6, 6.07) is -3.39. The molecule has 14 nitrogen and oxygen atoms in total. The van der Waals surface area contributed by atoms with Crippen LogP contribution in [0.5, 0.6) is 0 Å². The van der Waals surface area contributed by atoms with Crippen molar-refractivity contribution in [2.45, 2.75) is 37.4 Å². The number of carbonyl (C=O) groups is 5. The van der Waals surface area contributed by atoms with Crippen LogP contribution in [0.3, 0.4) is 0 Å². The zero-order valence-corrected chi connectivity index (χ0v) is 13.6. The number of aliphatic hydroxyl groups excluding tert-OH is 1. The molecule has 0 aliphatic rings. The van der Waals surface area contributed by atoms with Crippen LogP contribution in [0.15, 0.2) is 0 Å². The number of aliphatic carboxylic acids is 4. The number of carboxylic acids is 4. The molecule has 0 aromatic rings. The fourth-order valence-corrected chi connectivity index (χ4v) is 0.775. The van der Waals surface area contributed by atoms with E-state index in [-0.39, 0.29) is 12.8 Å². The molecule has 13 N–H and O–H groups in total. The van der Waals surface area contributed by atoms with E-state index in [2.05, 4.69) is 0 Å². The van der Waals surface area contributed by atoms with Crippen LogP contribution >= 0.6 is 0 Å². The maximum Gasteiger partial charge on any atom is 0.322 e. The summed E-state index contributed by atoms with van der Waals surface area (Å²) in [4.78, 5) is 49.4. The van der Waals surface area contributed by atoms with Crippen molar-refractivity contribution in [3.8, 4) is 0 Å². The Morgan fingerprint density at radius 3 is 1.27 bits per heavy atom. The molecule has 0 saturated carbocycles. The number of hydrogen-bond donors (Lipinski definition) is 9. The van der Waals surface area contributed by atoms with Crippen LogP contribution in [-0.2, 0) is 24.0 Å². The average Bonchev–Trinajstić information content (AvgIpc) is 2.51. The van der Waals surface area contributed by atoms with Crippen LogP contribution in [0.2, 0.25) is 0 Å². The first-order chi connectivity index (χ1) is 11.8. The first-order valence-electron chi connectivity index (χ1n) is 6.82. The van der Waals surface area contributed by atoms with Crippen molar-refractivity contribution in [3.63, 3.8) is 0 Å². The summed E-state index contributed by atoms with van der Waals surface area (Å²) in [6.07, 6.45) is -0.409. The minimum atomic E-state index is -1.29. The number of amides is 1. The van der Waals surface area contributed by atoms with Gasteiger partial charge in [-0.2, -0.15) is 0 Å². The van der Waals surface area contributed by atoms with E-state index in [0.29, 0.717) is 0 Å². The molecule has 0 aliphatic carbocycles. The number of aliphatic hydroxyl groups is 1. The molecule has 0 aliphatic heterocycles. The van der Waals surface area contributed by atoms with E-state index in [1.807, 2.05) is 0 Å². The predicted octanol–water partition coefficient (Wildman–Crippen LogP) is -4.07. The lowest BCUT2D eigenvalue weighted by Crippen LogP contribution is -2.33. The third kappa shape index (κ3) is 21.2.